The van der Waals surface area contributed by atoms with E-state index < -0.39 is 0 Å². The summed E-state index contributed by atoms with van der Waals surface area (Å²) in [5.74, 6) is 0.164. The molecule has 0 aliphatic carbocycles. The number of phenolic OH excluding ortho intramolecular Hbond substituents is 1. The Morgan fingerprint density at radius 1 is 1.18 bits per heavy atom. The summed E-state index contributed by atoms with van der Waals surface area (Å²) < 4.78 is 1.98. The third-order valence-electron chi connectivity index (χ3n) is 2.68. The minimum absolute atomic E-state index is 0.164. The maximum absolute atomic E-state index is 9.56. The maximum Gasteiger partial charge on any atom is 0.119 e. The van der Waals surface area contributed by atoms with Crippen molar-refractivity contribution in [3.63, 3.8) is 0 Å². The van der Waals surface area contributed by atoms with E-state index in [2.05, 4.69) is 6.07 Å². The Morgan fingerprint density at radius 3 is 2.88 bits per heavy atom. The van der Waals surface area contributed by atoms with Gasteiger partial charge in [0, 0.05) is 22.7 Å². The van der Waals surface area contributed by atoms with Crippen LogP contribution in [0.2, 0.25) is 5.02 Å². The lowest BCUT2D eigenvalue weighted by Gasteiger charge is -2.06. The van der Waals surface area contributed by atoms with Gasteiger partial charge in [0.25, 0.3) is 0 Å². The van der Waals surface area contributed by atoms with Crippen LogP contribution in [0.3, 0.4) is 0 Å². The number of benzene rings is 2. The van der Waals surface area contributed by atoms with E-state index in [4.69, 9.17) is 11.6 Å². The Balaban J connectivity index is 2.27. The molecule has 2 nitrogen and oxygen atoms in total. The summed E-state index contributed by atoms with van der Waals surface area (Å²) in [6, 6.07) is 15.8. The zero-order chi connectivity index (χ0) is 11.8. The van der Waals surface area contributed by atoms with Crippen molar-refractivity contribution in [1.82, 2.24) is 4.57 Å². The molecule has 1 radical (unpaired) electrons. The lowest BCUT2D eigenvalue weighted by atomic mass is 10.2. The summed E-state index contributed by atoms with van der Waals surface area (Å²) in [5.41, 5.74) is 1.90. The fourth-order valence-electron chi connectivity index (χ4n) is 1.95. The number of aromatic nitrogens is 1. The molecular weight excluding hydrogens is 234 g/mol. The number of aromatic hydroxyl groups is 1. The van der Waals surface area contributed by atoms with Crippen LogP contribution in [-0.4, -0.2) is 9.67 Å². The van der Waals surface area contributed by atoms with E-state index in [0.717, 1.165) is 16.6 Å². The van der Waals surface area contributed by atoms with E-state index in [9.17, 15) is 5.11 Å². The first-order valence-corrected chi connectivity index (χ1v) is 5.59. The van der Waals surface area contributed by atoms with Crippen LogP contribution in [0.1, 0.15) is 0 Å². The summed E-state index contributed by atoms with van der Waals surface area (Å²) in [5, 5.41) is 11.2. The van der Waals surface area contributed by atoms with Crippen LogP contribution in [0.25, 0.3) is 16.6 Å². The van der Waals surface area contributed by atoms with Crippen molar-refractivity contribution in [2.75, 3.05) is 0 Å². The average molecular weight is 243 g/mol. The maximum atomic E-state index is 9.56. The van der Waals surface area contributed by atoms with E-state index in [1.54, 1.807) is 6.07 Å². The molecular formula is C14H9ClNO. The Hall–Kier alpha value is -1.93. The number of phenols is 1. The SMILES string of the molecule is Oc1cc(Cl)cc(-n2ccc3c[c]ccc32)c1. The molecule has 0 aliphatic rings. The molecule has 17 heavy (non-hydrogen) atoms. The van der Waals surface area contributed by atoms with Gasteiger partial charge < -0.3 is 9.67 Å². The van der Waals surface area contributed by atoms with Crippen LogP contribution in [0.4, 0.5) is 0 Å². The molecule has 0 saturated heterocycles. The van der Waals surface area contributed by atoms with E-state index >= 15 is 0 Å². The molecule has 0 bridgehead atoms. The first-order valence-electron chi connectivity index (χ1n) is 5.21. The minimum Gasteiger partial charge on any atom is -0.508 e. The van der Waals surface area contributed by atoms with Crippen molar-refractivity contribution in [2.45, 2.75) is 0 Å². The van der Waals surface area contributed by atoms with Crippen molar-refractivity contribution in [3.05, 3.63) is 59.8 Å². The smallest absolute Gasteiger partial charge is 0.119 e. The van der Waals surface area contributed by atoms with Crippen LogP contribution in [-0.2, 0) is 0 Å². The zero-order valence-corrected chi connectivity index (χ0v) is 9.65. The number of hydrogen-bond donors (Lipinski definition) is 1. The molecule has 0 atom stereocenters. The standard InChI is InChI=1S/C14H9ClNO/c15-11-7-12(9-13(17)8-11)16-6-5-10-3-1-2-4-14(10)16/h2-9,17H. The van der Waals surface area contributed by atoms with Gasteiger partial charge in [-0.2, -0.15) is 0 Å². The van der Waals surface area contributed by atoms with Crippen LogP contribution in [0, 0.1) is 6.07 Å². The molecule has 1 aromatic heterocycles. The van der Waals surface area contributed by atoms with Gasteiger partial charge in [0.2, 0.25) is 0 Å². The monoisotopic (exact) mass is 242 g/mol. The number of fused-ring (bicyclic) bond motifs is 1. The molecule has 1 heterocycles. The van der Waals surface area contributed by atoms with Crippen molar-refractivity contribution >= 4 is 22.5 Å². The third kappa shape index (κ3) is 1.77. The largest absolute Gasteiger partial charge is 0.508 e. The number of halogens is 1. The molecule has 3 aromatic rings. The number of nitrogens with zero attached hydrogens (tertiary/aromatic N) is 1. The highest BCUT2D eigenvalue weighted by Gasteiger charge is 2.04. The average Bonchev–Trinajstić information content (AvgIpc) is 2.71. The van der Waals surface area contributed by atoms with Gasteiger partial charge >= 0.3 is 0 Å². The lowest BCUT2D eigenvalue weighted by molar-refractivity contribution is 0.475. The molecule has 3 heteroatoms. The summed E-state index contributed by atoms with van der Waals surface area (Å²) in [6.45, 7) is 0. The second kappa shape index (κ2) is 3.82. The van der Waals surface area contributed by atoms with Gasteiger partial charge in [-0.1, -0.05) is 17.7 Å². The predicted octanol–water partition coefficient (Wildman–Crippen LogP) is 3.79. The minimum atomic E-state index is 0.164. The van der Waals surface area contributed by atoms with Crippen molar-refractivity contribution in [1.29, 1.82) is 0 Å². The molecule has 1 N–H and O–H groups in total. The Morgan fingerprint density at radius 2 is 2.06 bits per heavy atom. The van der Waals surface area contributed by atoms with E-state index in [1.807, 2.05) is 41.1 Å². The van der Waals surface area contributed by atoms with Gasteiger partial charge in [-0.3, -0.25) is 0 Å². The summed E-state index contributed by atoms with van der Waals surface area (Å²) in [4.78, 5) is 0. The van der Waals surface area contributed by atoms with Gasteiger partial charge in [-0.05, 0) is 36.4 Å². The van der Waals surface area contributed by atoms with Crippen molar-refractivity contribution in [3.8, 4) is 11.4 Å². The molecule has 0 unspecified atom stereocenters. The van der Waals surface area contributed by atoms with Crippen LogP contribution >= 0.6 is 11.6 Å². The molecule has 3 rings (SSSR count). The van der Waals surface area contributed by atoms with Gasteiger partial charge in [0.15, 0.2) is 0 Å². The highest BCUT2D eigenvalue weighted by Crippen LogP contribution is 2.26. The Kier molecular flexibility index (Phi) is 2.30. The first kappa shape index (κ1) is 10.2. The Bertz CT molecular complexity index is 667. The topological polar surface area (TPSA) is 25.2 Å². The number of hydrogen-bond acceptors (Lipinski definition) is 1. The second-order valence-corrected chi connectivity index (χ2v) is 4.27. The fraction of sp³-hybridized carbons (Fsp3) is 0. The molecule has 0 spiro atoms. The zero-order valence-electron chi connectivity index (χ0n) is 8.89. The Labute approximate surface area is 104 Å². The molecule has 0 aliphatic heterocycles. The highest BCUT2D eigenvalue weighted by atomic mass is 35.5. The lowest BCUT2D eigenvalue weighted by Crippen LogP contribution is -1.91. The predicted molar refractivity (Wildman–Crippen MR) is 68.8 cm³/mol. The quantitative estimate of drug-likeness (QED) is 0.690. The van der Waals surface area contributed by atoms with Gasteiger partial charge in [-0.15, -0.1) is 0 Å². The highest BCUT2D eigenvalue weighted by molar-refractivity contribution is 6.30. The summed E-state index contributed by atoms with van der Waals surface area (Å²) >= 11 is 5.94. The summed E-state index contributed by atoms with van der Waals surface area (Å²) in [7, 11) is 0. The van der Waals surface area contributed by atoms with Gasteiger partial charge in [0.1, 0.15) is 5.75 Å². The molecule has 83 valence electrons. The number of rotatable bonds is 1. The molecule has 0 amide bonds. The van der Waals surface area contributed by atoms with Crippen LogP contribution in [0.5, 0.6) is 5.75 Å². The van der Waals surface area contributed by atoms with Crippen molar-refractivity contribution in [2.24, 2.45) is 0 Å². The van der Waals surface area contributed by atoms with E-state index in [-0.39, 0.29) is 5.75 Å². The van der Waals surface area contributed by atoms with Gasteiger partial charge in [-0.25, -0.2) is 0 Å². The van der Waals surface area contributed by atoms with Crippen LogP contribution in [0.15, 0.2) is 48.7 Å². The van der Waals surface area contributed by atoms with E-state index in [1.165, 1.54) is 6.07 Å². The molecule has 2 aromatic carbocycles. The van der Waals surface area contributed by atoms with Crippen molar-refractivity contribution < 1.29 is 5.11 Å². The van der Waals surface area contributed by atoms with E-state index in [0.29, 0.717) is 5.02 Å². The van der Waals surface area contributed by atoms with Crippen LogP contribution < -0.4 is 0 Å². The molecule has 0 saturated carbocycles. The fourth-order valence-corrected chi connectivity index (χ4v) is 2.17. The summed E-state index contributed by atoms with van der Waals surface area (Å²) in [6.07, 6.45) is 1.95. The third-order valence-corrected chi connectivity index (χ3v) is 2.90. The molecule has 0 fully saturated rings. The normalized spacial score (nSPS) is 10.9. The second-order valence-electron chi connectivity index (χ2n) is 3.84. The van der Waals surface area contributed by atoms with Gasteiger partial charge in [0.05, 0.1) is 11.2 Å². The first-order chi connectivity index (χ1) is 8.24.